The molecule has 0 saturated carbocycles. The van der Waals surface area contributed by atoms with E-state index in [1.165, 1.54) is 0 Å². The highest BCUT2D eigenvalue weighted by molar-refractivity contribution is 5.85. The number of likely N-dealkylation sites (N-methyl/N-ethyl adjacent to an activating group) is 1. The highest BCUT2D eigenvalue weighted by Gasteiger charge is 2.29. The first-order valence-corrected chi connectivity index (χ1v) is 5.85. The molecule has 6 nitrogen and oxygen atoms in total. The number of amides is 1. The second-order valence-corrected chi connectivity index (χ2v) is 3.86. The highest BCUT2D eigenvalue weighted by atomic mass is 16.2. The van der Waals surface area contributed by atoms with Gasteiger partial charge in [-0.2, -0.15) is 0 Å². The lowest BCUT2D eigenvalue weighted by atomic mass is 10.2. The van der Waals surface area contributed by atoms with Gasteiger partial charge in [-0.05, 0) is 13.0 Å². The Kier molecular flexibility index (Phi) is 3.87. The van der Waals surface area contributed by atoms with Crippen LogP contribution >= 0.6 is 0 Å². The van der Waals surface area contributed by atoms with Crippen molar-refractivity contribution in [3.8, 4) is 0 Å². The normalized spacial score (nSPS) is 20.1. The minimum atomic E-state index is -0.230. The van der Waals surface area contributed by atoms with Crippen LogP contribution < -0.4 is 15.5 Å². The Bertz CT molecular complexity index is 369. The average molecular weight is 235 g/mol. The van der Waals surface area contributed by atoms with Gasteiger partial charge in [-0.3, -0.25) is 4.79 Å². The van der Waals surface area contributed by atoms with Gasteiger partial charge in [0.25, 0.3) is 0 Å². The largest absolute Gasteiger partial charge is 0.355 e. The monoisotopic (exact) mass is 235 g/mol. The molecule has 17 heavy (non-hydrogen) atoms. The van der Waals surface area contributed by atoms with E-state index in [2.05, 4.69) is 20.6 Å². The lowest BCUT2D eigenvalue weighted by Crippen LogP contribution is -2.58. The molecular weight excluding hydrogens is 218 g/mol. The number of hydrogen-bond donors (Lipinski definition) is 2. The van der Waals surface area contributed by atoms with E-state index in [0.717, 1.165) is 13.1 Å². The van der Waals surface area contributed by atoms with Crippen LogP contribution in [0, 0.1) is 0 Å². The van der Waals surface area contributed by atoms with Crippen molar-refractivity contribution in [3.63, 3.8) is 0 Å². The Balaban J connectivity index is 2.15. The van der Waals surface area contributed by atoms with Crippen molar-refractivity contribution in [1.29, 1.82) is 0 Å². The highest BCUT2D eigenvalue weighted by Crippen LogP contribution is 2.11. The second-order valence-electron chi connectivity index (χ2n) is 3.86. The van der Waals surface area contributed by atoms with Crippen molar-refractivity contribution < 1.29 is 4.79 Å². The number of piperazine rings is 1. The van der Waals surface area contributed by atoms with E-state index in [9.17, 15) is 4.79 Å². The van der Waals surface area contributed by atoms with E-state index in [1.54, 1.807) is 18.5 Å². The van der Waals surface area contributed by atoms with Gasteiger partial charge in [-0.1, -0.05) is 0 Å². The zero-order chi connectivity index (χ0) is 12.1. The molecule has 1 aliphatic rings. The van der Waals surface area contributed by atoms with Crippen LogP contribution in [0.15, 0.2) is 18.5 Å². The zero-order valence-corrected chi connectivity index (χ0v) is 9.89. The van der Waals surface area contributed by atoms with Gasteiger partial charge in [-0.15, -0.1) is 0 Å². The van der Waals surface area contributed by atoms with Crippen LogP contribution in [0.1, 0.15) is 6.92 Å². The molecule has 92 valence electrons. The predicted octanol–water partition coefficient (Wildman–Crippen LogP) is -0.609. The number of carbonyl (C=O) groups is 1. The van der Waals surface area contributed by atoms with Gasteiger partial charge in [0.2, 0.25) is 11.9 Å². The van der Waals surface area contributed by atoms with Crippen LogP contribution in [-0.2, 0) is 4.79 Å². The Morgan fingerprint density at radius 2 is 2.35 bits per heavy atom. The quantitative estimate of drug-likeness (QED) is 0.731. The summed E-state index contributed by atoms with van der Waals surface area (Å²) in [6, 6.07) is 1.54. The number of anilines is 1. The van der Waals surface area contributed by atoms with E-state index in [4.69, 9.17) is 0 Å². The first-order valence-electron chi connectivity index (χ1n) is 5.85. The number of nitrogens with one attached hydrogen (secondary N) is 2. The van der Waals surface area contributed by atoms with E-state index >= 15 is 0 Å². The summed E-state index contributed by atoms with van der Waals surface area (Å²) in [4.78, 5) is 22.3. The Hall–Kier alpha value is -1.69. The minimum absolute atomic E-state index is 0.0205. The van der Waals surface area contributed by atoms with Crippen LogP contribution in [-0.4, -0.2) is 48.1 Å². The van der Waals surface area contributed by atoms with Gasteiger partial charge in [0.1, 0.15) is 6.04 Å². The SMILES string of the molecule is CCNC(=O)C1CNCCN1c1ncccn1. The van der Waals surface area contributed by atoms with E-state index in [0.29, 0.717) is 19.0 Å². The smallest absolute Gasteiger partial charge is 0.244 e. The van der Waals surface area contributed by atoms with Gasteiger partial charge in [0.15, 0.2) is 0 Å². The zero-order valence-electron chi connectivity index (χ0n) is 9.89. The summed E-state index contributed by atoms with van der Waals surface area (Å²) in [5.74, 6) is 0.636. The third-order valence-corrected chi connectivity index (χ3v) is 2.71. The molecule has 0 spiro atoms. The number of hydrogen-bond acceptors (Lipinski definition) is 5. The molecule has 1 unspecified atom stereocenters. The van der Waals surface area contributed by atoms with Crippen molar-refractivity contribution in [2.45, 2.75) is 13.0 Å². The van der Waals surface area contributed by atoms with Gasteiger partial charge in [-0.25, -0.2) is 9.97 Å². The molecule has 1 saturated heterocycles. The van der Waals surface area contributed by atoms with Crippen LogP contribution in [0.25, 0.3) is 0 Å². The van der Waals surface area contributed by atoms with Crippen LogP contribution in [0.4, 0.5) is 5.95 Å². The molecule has 1 aromatic heterocycles. The predicted molar refractivity (Wildman–Crippen MR) is 64.7 cm³/mol. The topological polar surface area (TPSA) is 70.2 Å². The summed E-state index contributed by atoms with van der Waals surface area (Å²) in [6.07, 6.45) is 3.39. The van der Waals surface area contributed by atoms with Crippen molar-refractivity contribution in [3.05, 3.63) is 18.5 Å². The molecular formula is C11H17N5O. The van der Waals surface area contributed by atoms with Crippen molar-refractivity contribution in [2.24, 2.45) is 0 Å². The van der Waals surface area contributed by atoms with E-state index < -0.39 is 0 Å². The fourth-order valence-corrected chi connectivity index (χ4v) is 1.91. The van der Waals surface area contributed by atoms with E-state index in [-0.39, 0.29) is 11.9 Å². The van der Waals surface area contributed by atoms with Gasteiger partial charge < -0.3 is 15.5 Å². The Morgan fingerprint density at radius 1 is 1.59 bits per heavy atom. The molecule has 0 bridgehead atoms. The van der Waals surface area contributed by atoms with Crippen molar-refractivity contribution in [2.75, 3.05) is 31.1 Å². The molecule has 1 atom stereocenters. The van der Waals surface area contributed by atoms with Gasteiger partial charge in [0, 0.05) is 38.6 Å². The molecule has 1 fully saturated rings. The summed E-state index contributed by atoms with van der Waals surface area (Å²) >= 11 is 0. The van der Waals surface area contributed by atoms with Crippen LogP contribution in [0.3, 0.4) is 0 Å². The minimum Gasteiger partial charge on any atom is -0.355 e. The maximum absolute atomic E-state index is 11.9. The second kappa shape index (κ2) is 5.58. The molecule has 2 heterocycles. The van der Waals surface area contributed by atoms with Crippen molar-refractivity contribution >= 4 is 11.9 Å². The van der Waals surface area contributed by atoms with Crippen molar-refractivity contribution in [1.82, 2.24) is 20.6 Å². The third-order valence-electron chi connectivity index (χ3n) is 2.71. The first-order chi connectivity index (χ1) is 8.33. The van der Waals surface area contributed by atoms with Crippen LogP contribution in [0.2, 0.25) is 0 Å². The third kappa shape index (κ3) is 2.71. The standard InChI is InChI=1S/C11H17N5O/c1-2-13-10(17)9-8-12-6-7-16(9)11-14-4-3-5-15-11/h3-5,9,12H,2,6-8H2,1H3,(H,13,17). The summed E-state index contributed by atoms with van der Waals surface area (Å²) in [5.41, 5.74) is 0. The molecule has 2 rings (SSSR count). The average Bonchev–Trinajstić information content (AvgIpc) is 2.40. The molecule has 2 N–H and O–H groups in total. The lowest BCUT2D eigenvalue weighted by Gasteiger charge is -2.34. The number of aromatic nitrogens is 2. The summed E-state index contributed by atoms with van der Waals surface area (Å²) in [7, 11) is 0. The molecule has 1 aromatic rings. The lowest BCUT2D eigenvalue weighted by molar-refractivity contribution is -0.122. The molecule has 1 aliphatic heterocycles. The summed E-state index contributed by atoms with van der Waals surface area (Å²) in [6.45, 7) is 4.76. The molecule has 0 aromatic carbocycles. The first kappa shape index (κ1) is 11.8. The number of rotatable bonds is 3. The Morgan fingerprint density at radius 3 is 3.06 bits per heavy atom. The number of nitrogens with zero attached hydrogens (tertiary/aromatic N) is 3. The van der Waals surface area contributed by atoms with Gasteiger partial charge >= 0.3 is 0 Å². The molecule has 0 aliphatic carbocycles. The number of carbonyl (C=O) groups excluding carboxylic acids is 1. The fourth-order valence-electron chi connectivity index (χ4n) is 1.91. The maximum atomic E-state index is 11.9. The van der Waals surface area contributed by atoms with E-state index in [1.807, 2.05) is 11.8 Å². The van der Waals surface area contributed by atoms with Crippen LogP contribution in [0.5, 0.6) is 0 Å². The Labute approximate surface area is 100 Å². The molecule has 6 heteroatoms. The fraction of sp³-hybridized carbons (Fsp3) is 0.545. The van der Waals surface area contributed by atoms with Gasteiger partial charge in [0.05, 0.1) is 0 Å². The maximum Gasteiger partial charge on any atom is 0.244 e. The molecule has 0 radical (unpaired) electrons. The summed E-state index contributed by atoms with van der Waals surface area (Å²) in [5, 5.41) is 6.05. The summed E-state index contributed by atoms with van der Waals surface area (Å²) < 4.78 is 0. The molecule has 1 amide bonds.